The molecule has 4 nitrogen and oxygen atoms in total. The number of carbonyl (C=O) groups excluding carboxylic acids is 1. The first kappa shape index (κ1) is 15.0. The summed E-state index contributed by atoms with van der Waals surface area (Å²) in [6, 6.07) is 20.0. The molecule has 3 aromatic carbocycles. The molecular weight excluding hydrogens is 316 g/mol. The van der Waals surface area contributed by atoms with E-state index in [9.17, 15) is 15.0 Å². The predicted octanol–water partition coefficient (Wildman–Crippen LogP) is 4.74. The Morgan fingerprint density at radius 3 is 2.04 bits per heavy atom. The molecule has 1 heterocycles. The van der Waals surface area contributed by atoms with Crippen molar-refractivity contribution in [2.24, 2.45) is 0 Å². The SMILES string of the molecule is O=C(c1ccc(O)cc1)c1c(-c2ccc(O)cc2)oc2ccccc12. The molecule has 122 valence electrons. The number of furan rings is 1. The van der Waals surface area contributed by atoms with E-state index in [-0.39, 0.29) is 17.3 Å². The topological polar surface area (TPSA) is 70.7 Å². The normalized spacial score (nSPS) is 10.9. The van der Waals surface area contributed by atoms with Gasteiger partial charge in [0.25, 0.3) is 0 Å². The minimum atomic E-state index is -0.187. The summed E-state index contributed by atoms with van der Waals surface area (Å²) in [6.07, 6.45) is 0. The molecule has 0 aliphatic heterocycles. The van der Waals surface area contributed by atoms with Crippen molar-refractivity contribution in [1.29, 1.82) is 0 Å². The van der Waals surface area contributed by atoms with Gasteiger partial charge in [-0.05, 0) is 54.6 Å². The number of rotatable bonds is 3. The maximum atomic E-state index is 13.1. The monoisotopic (exact) mass is 330 g/mol. The first-order chi connectivity index (χ1) is 12.1. The third-order valence-corrected chi connectivity index (χ3v) is 4.08. The van der Waals surface area contributed by atoms with Gasteiger partial charge >= 0.3 is 0 Å². The summed E-state index contributed by atoms with van der Waals surface area (Å²) < 4.78 is 5.94. The van der Waals surface area contributed by atoms with E-state index in [1.807, 2.05) is 24.3 Å². The molecule has 1 aromatic heterocycles. The number of phenols is 2. The van der Waals surface area contributed by atoms with Crippen molar-refractivity contribution in [2.75, 3.05) is 0 Å². The van der Waals surface area contributed by atoms with Crippen molar-refractivity contribution in [2.45, 2.75) is 0 Å². The van der Waals surface area contributed by atoms with Gasteiger partial charge in [0.2, 0.25) is 0 Å². The van der Waals surface area contributed by atoms with Crippen molar-refractivity contribution >= 4 is 16.8 Å². The molecule has 0 aliphatic rings. The lowest BCUT2D eigenvalue weighted by Gasteiger charge is -2.04. The van der Waals surface area contributed by atoms with Crippen molar-refractivity contribution in [3.63, 3.8) is 0 Å². The molecule has 0 atom stereocenters. The molecule has 2 N–H and O–H groups in total. The Bertz CT molecular complexity index is 1060. The zero-order valence-electron chi connectivity index (χ0n) is 13.1. The number of hydrogen-bond donors (Lipinski definition) is 2. The van der Waals surface area contributed by atoms with E-state index in [0.717, 1.165) is 5.39 Å². The molecule has 0 spiro atoms. The van der Waals surface area contributed by atoms with Gasteiger partial charge < -0.3 is 14.6 Å². The fourth-order valence-corrected chi connectivity index (χ4v) is 2.84. The van der Waals surface area contributed by atoms with Crippen LogP contribution in [0.4, 0.5) is 0 Å². The molecule has 0 unspecified atom stereocenters. The molecule has 4 heteroatoms. The van der Waals surface area contributed by atoms with Gasteiger partial charge in [0, 0.05) is 16.5 Å². The van der Waals surface area contributed by atoms with Crippen LogP contribution in [-0.2, 0) is 0 Å². The number of fused-ring (bicyclic) bond motifs is 1. The van der Waals surface area contributed by atoms with Gasteiger partial charge in [0.15, 0.2) is 5.78 Å². The van der Waals surface area contributed by atoms with Crippen LogP contribution in [0.25, 0.3) is 22.3 Å². The Balaban J connectivity index is 1.94. The lowest BCUT2D eigenvalue weighted by atomic mass is 9.97. The van der Waals surface area contributed by atoms with Crippen LogP contribution in [0.15, 0.2) is 77.2 Å². The molecule has 0 aliphatic carbocycles. The summed E-state index contributed by atoms with van der Waals surface area (Å²) in [4.78, 5) is 13.1. The summed E-state index contributed by atoms with van der Waals surface area (Å²) in [5, 5.41) is 19.7. The number of aromatic hydroxyl groups is 2. The third-order valence-electron chi connectivity index (χ3n) is 4.08. The van der Waals surface area contributed by atoms with Crippen LogP contribution in [0.2, 0.25) is 0 Å². The Labute approximate surface area is 143 Å². The van der Waals surface area contributed by atoms with Gasteiger partial charge in [-0.25, -0.2) is 0 Å². The number of para-hydroxylation sites is 1. The second-order valence-electron chi connectivity index (χ2n) is 5.73. The molecule has 0 amide bonds. The summed E-state index contributed by atoms with van der Waals surface area (Å²) in [6.45, 7) is 0. The largest absolute Gasteiger partial charge is 0.508 e. The highest BCUT2D eigenvalue weighted by molar-refractivity contribution is 6.19. The molecule has 0 bridgehead atoms. The quantitative estimate of drug-likeness (QED) is 0.532. The lowest BCUT2D eigenvalue weighted by molar-refractivity contribution is 0.104. The van der Waals surface area contributed by atoms with Crippen LogP contribution < -0.4 is 0 Å². The second-order valence-corrected chi connectivity index (χ2v) is 5.73. The van der Waals surface area contributed by atoms with E-state index >= 15 is 0 Å². The predicted molar refractivity (Wildman–Crippen MR) is 94.9 cm³/mol. The zero-order valence-corrected chi connectivity index (χ0v) is 13.1. The zero-order chi connectivity index (χ0) is 17.4. The highest BCUT2D eigenvalue weighted by Gasteiger charge is 2.23. The molecule has 4 rings (SSSR count). The fourth-order valence-electron chi connectivity index (χ4n) is 2.84. The Hall–Kier alpha value is -3.53. The van der Waals surface area contributed by atoms with Crippen molar-refractivity contribution < 1.29 is 19.4 Å². The average Bonchev–Trinajstić information content (AvgIpc) is 3.02. The highest BCUT2D eigenvalue weighted by atomic mass is 16.3. The van der Waals surface area contributed by atoms with Gasteiger partial charge in [0.05, 0.1) is 5.56 Å². The van der Waals surface area contributed by atoms with E-state index < -0.39 is 0 Å². The molecule has 0 saturated carbocycles. The number of phenolic OH excluding ortho intramolecular Hbond substituents is 2. The van der Waals surface area contributed by atoms with E-state index in [2.05, 4.69) is 0 Å². The Kier molecular flexibility index (Phi) is 3.51. The maximum Gasteiger partial charge on any atom is 0.197 e. The van der Waals surface area contributed by atoms with Crippen LogP contribution in [0.1, 0.15) is 15.9 Å². The van der Waals surface area contributed by atoms with E-state index in [4.69, 9.17) is 4.42 Å². The molecule has 0 fully saturated rings. The first-order valence-electron chi connectivity index (χ1n) is 7.78. The summed E-state index contributed by atoms with van der Waals surface area (Å²) >= 11 is 0. The van der Waals surface area contributed by atoms with E-state index in [0.29, 0.717) is 28.0 Å². The first-order valence-corrected chi connectivity index (χ1v) is 7.78. The molecule has 0 saturated heterocycles. The Morgan fingerprint density at radius 1 is 0.760 bits per heavy atom. The van der Waals surface area contributed by atoms with Crippen LogP contribution in [-0.4, -0.2) is 16.0 Å². The van der Waals surface area contributed by atoms with Gasteiger partial charge in [-0.15, -0.1) is 0 Å². The molecule has 0 radical (unpaired) electrons. The fraction of sp³-hybridized carbons (Fsp3) is 0. The standard InChI is InChI=1S/C21H14O4/c22-15-9-5-13(6-10-15)20(24)19-17-3-1-2-4-18(17)25-21(19)14-7-11-16(23)12-8-14/h1-12,22-23H. The van der Waals surface area contributed by atoms with Crippen LogP contribution in [0.3, 0.4) is 0 Å². The van der Waals surface area contributed by atoms with E-state index in [1.54, 1.807) is 36.4 Å². The third kappa shape index (κ3) is 2.64. The van der Waals surface area contributed by atoms with Crippen LogP contribution >= 0.6 is 0 Å². The average molecular weight is 330 g/mol. The summed E-state index contributed by atoms with van der Waals surface area (Å²) in [5.41, 5.74) is 2.25. The minimum Gasteiger partial charge on any atom is -0.508 e. The summed E-state index contributed by atoms with van der Waals surface area (Å²) in [5.74, 6) is 0.519. The maximum absolute atomic E-state index is 13.1. The van der Waals surface area contributed by atoms with E-state index in [1.165, 1.54) is 12.1 Å². The second kappa shape index (κ2) is 5.83. The summed E-state index contributed by atoms with van der Waals surface area (Å²) in [7, 11) is 0. The van der Waals surface area contributed by atoms with Gasteiger partial charge in [0.1, 0.15) is 22.8 Å². The molecule has 25 heavy (non-hydrogen) atoms. The van der Waals surface area contributed by atoms with Crippen molar-refractivity contribution in [1.82, 2.24) is 0 Å². The van der Waals surface area contributed by atoms with Gasteiger partial charge in [-0.3, -0.25) is 4.79 Å². The Morgan fingerprint density at radius 2 is 1.36 bits per heavy atom. The van der Waals surface area contributed by atoms with Gasteiger partial charge in [-0.1, -0.05) is 18.2 Å². The van der Waals surface area contributed by atoms with Gasteiger partial charge in [-0.2, -0.15) is 0 Å². The highest BCUT2D eigenvalue weighted by Crippen LogP contribution is 2.35. The van der Waals surface area contributed by atoms with Crippen LogP contribution in [0.5, 0.6) is 11.5 Å². The smallest absolute Gasteiger partial charge is 0.197 e. The number of ketones is 1. The molecular formula is C21H14O4. The number of carbonyl (C=O) groups is 1. The lowest BCUT2D eigenvalue weighted by Crippen LogP contribution is -2.02. The molecule has 4 aromatic rings. The van der Waals surface area contributed by atoms with Crippen LogP contribution in [0, 0.1) is 0 Å². The number of benzene rings is 3. The van der Waals surface area contributed by atoms with Crippen molar-refractivity contribution in [3.8, 4) is 22.8 Å². The van der Waals surface area contributed by atoms with Crippen molar-refractivity contribution in [3.05, 3.63) is 83.9 Å². The minimum absolute atomic E-state index is 0.104. The number of hydrogen-bond acceptors (Lipinski definition) is 4.